The highest BCUT2D eigenvalue weighted by molar-refractivity contribution is 5.85. The van der Waals surface area contributed by atoms with Gasteiger partial charge in [0.2, 0.25) is 6.10 Å². The van der Waals surface area contributed by atoms with E-state index in [9.17, 15) is 22.8 Å². The Labute approximate surface area is 192 Å². The van der Waals surface area contributed by atoms with Gasteiger partial charge in [-0.15, -0.1) is 5.10 Å². The van der Waals surface area contributed by atoms with E-state index in [0.29, 0.717) is 43.1 Å². The second kappa shape index (κ2) is 9.37. The summed E-state index contributed by atoms with van der Waals surface area (Å²) in [6.45, 7) is 4.63. The highest BCUT2D eigenvalue weighted by Crippen LogP contribution is 2.27. The van der Waals surface area contributed by atoms with Gasteiger partial charge in [-0.1, -0.05) is 30.3 Å². The molecule has 0 radical (unpaired) electrons. The normalized spacial score (nSPS) is 15.4. The predicted octanol–water partition coefficient (Wildman–Crippen LogP) is 2.45. The monoisotopic (exact) mass is 477 g/mol. The minimum atomic E-state index is -4.73. The molecule has 4 rings (SSSR count). The number of aromatic nitrogens is 4. The second-order valence-electron chi connectivity index (χ2n) is 7.80. The number of aryl methyl sites for hydroxylation is 2. The number of esters is 1. The van der Waals surface area contributed by atoms with Crippen LogP contribution in [0.5, 0.6) is 0 Å². The average Bonchev–Trinajstić information content (AvgIpc) is 3.26. The number of benzene rings is 1. The second-order valence-corrected chi connectivity index (χ2v) is 7.80. The van der Waals surface area contributed by atoms with Gasteiger partial charge in [-0.3, -0.25) is 9.59 Å². The molecule has 1 aliphatic heterocycles. The largest absolute Gasteiger partial charge is 0.453 e. The van der Waals surface area contributed by atoms with Gasteiger partial charge in [0.25, 0.3) is 17.5 Å². The number of amides is 1. The summed E-state index contributed by atoms with van der Waals surface area (Å²) in [6, 6.07) is 8.63. The predicted molar refractivity (Wildman–Crippen MR) is 112 cm³/mol. The zero-order chi connectivity index (χ0) is 24.5. The van der Waals surface area contributed by atoms with Gasteiger partial charge in [-0.05, 0) is 13.8 Å². The molecule has 0 aliphatic carbocycles. The number of ether oxygens (including phenoxy) is 2. The Kier molecular flexibility index (Phi) is 6.51. The van der Waals surface area contributed by atoms with E-state index < -0.39 is 24.1 Å². The summed E-state index contributed by atoms with van der Waals surface area (Å²) in [6.07, 6.45) is -6.19. The van der Waals surface area contributed by atoms with Crippen molar-refractivity contribution >= 4 is 17.7 Å². The van der Waals surface area contributed by atoms with Gasteiger partial charge < -0.3 is 14.4 Å². The van der Waals surface area contributed by atoms with Crippen molar-refractivity contribution in [2.24, 2.45) is 0 Å². The molecule has 0 N–H and O–H groups in total. The third-order valence-corrected chi connectivity index (χ3v) is 5.52. The fourth-order valence-corrected chi connectivity index (χ4v) is 3.74. The maximum absolute atomic E-state index is 13.1. The van der Waals surface area contributed by atoms with Gasteiger partial charge >= 0.3 is 12.1 Å². The summed E-state index contributed by atoms with van der Waals surface area (Å²) < 4.78 is 50.9. The molecule has 3 aromatic rings. The van der Waals surface area contributed by atoms with Crippen molar-refractivity contribution in [1.29, 1.82) is 0 Å². The number of nitrogens with zero attached hydrogens (tertiary/aromatic N) is 5. The Morgan fingerprint density at radius 2 is 1.79 bits per heavy atom. The number of halogens is 3. The van der Waals surface area contributed by atoms with Gasteiger partial charge in [0, 0.05) is 35.6 Å². The fraction of sp³-hybridized carbons (Fsp3) is 0.409. The van der Waals surface area contributed by atoms with Crippen LogP contribution in [0.3, 0.4) is 0 Å². The minimum absolute atomic E-state index is 0.218. The highest BCUT2D eigenvalue weighted by atomic mass is 19.4. The molecule has 180 valence electrons. The number of carbonyl (C=O) groups is 2. The Bertz CT molecular complexity index is 1210. The molecule has 1 aromatic carbocycles. The van der Waals surface area contributed by atoms with Crippen molar-refractivity contribution in [2.75, 3.05) is 26.3 Å². The van der Waals surface area contributed by atoms with Gasteiger partial charge in [-0.25, -0.2) is 9.50 Å². The van der Waals surface area contributed by atoms with Crippen molar-refractivity contribution in [3.63, 3.8) is 0 Å². The molecule has 1 amide bonds. The average molecular weight is 477 g/mol. The fourth-order valence-electron chi connectivity index (χ4n) is 3.74. The molecule has 2 aromatic heterocycles. The van der Waals surface area contributed by atoms with Crippen LogP contribution in [0.25, 0.3) is 5.78 Å². The SMILES string of the molecule is Cc1nc2nc(C(F)(F)F)nn2c(C)c1CC(=O)O[C@@H](C(=O)N1CCOCC1)c1ccccc1. The van der Waals surface area contributed by atoms with Gasteiger partial charge in [0.05, 0.1) is 19.6 Å². The van der Waals surface area contributed by atoms with Crippen LogP contribution in [0.15, 0.2) is 30.3 Å². The van der Waals surface area contributed by atoms with Gasteiger partial charge in [0.1, 0.15) is 0 Å². The third kappa shape index (κ3) is 4.86. The molecular weight excluding hydrogens is 455 g/mol. The van der Waals surface area contributed by atoms with E-state index in [1.165, 1.54) is 6.92 Å². The number of hydrogen-bond donors (Lipinski definition) is 0. The molecule has 12 heteroatoms. The Morgan fingerprint density at radius 1 is 1.12 bits per heavy atom. The lowest BCUT2D eigenvalue weighted by Crippen LogP contribution is -2.44. The van der Waals surface area contributed by atoms with Crippen LogP contribution in [0.1, 0.15) is 34.4 Å². The molecule has 1 aliphatic rings. The molecule has 0 unspecified atom stereocenters. The Hall–Kier alpha value is -3.54. The lowest BCUT2D eigenvalue weighted by molar-refractivity contribution is -0.162. The van der Waals surface area contributed by atoms with Crippen LogP contribution in [-0.2, 0) is 31.7 Å². The van der Waals surface area contributed by atoms with Crippen LogP contribution in [0.4, 0.5) is 13.2 Å². The van der Waals surface area contributed by atoms with Crippen LogP contribution < -0.4 is 0 Å². The first-order valence-corrected chi connectivity index (χ1v) is 10.6. The molecule has 9 nitrogen and oxygen atoms in total. The molecular formula is C22H22F3N5O4. The van der Waals surface area contributed by atoms with Crippen molar-refractivity contribution in [2.45, 2.75) is 32.5 Å². The first-order valence-electron chi connectivity index (χ1n) is 10.6. The van der Waals surface area contributed by atoms with E-state index in [4.69, 9.17) is 9.47 Å². The lowest BCUT2D eigenvalue weighted by Gasteiger charge is -2.30. The summed E-state index contributed by atoms with van der Waals surface area (Å²) in [5, 5.41) is 3.48. The van der Waals surface area contributed by atoms with Gasteiger partial charge in [-0.2, -0.15) is 18.2 Å². The maximum atomic E-state index is 13.1. The van der Waals surface area contributed by atoms with Gasteiger partial charge in [0.15, 0.2) is 0 Å². The van der Waals surface area contributed by atoms with Crippen molar-refractivity contribution in [3.8, 4) is 0 Å². The van der Waals surface area contributed by atoms with E-state index in [1.54, 1.807) is 42.2 Å². The number of rotatable bonds is 5. The molecule has 0 bridgehead atoms. The number of hydrogen-bond acceptors (Lipinski definition) is 7. The van der Waals surface area contributed by atoms with E-state index in [2.05, 4.69) is 15.1 Å². The lowest BCUT2D eigenvalue weighted by atomic mass is 10.1. The van der Waals surface area contributed by atoms with E-state index in [-0.39, 0.29) is 23.8 Å². The zero-order valence-corrected chi connectivity index (χ0v) is 18.5. The van der Waals surface area contributed by atoms with E-state index in [0.717, 1.165) is 4.52 Å². The molecule has 34 heavy (non-hydrogen) atoms. The topological polar surface area (TPSA) is 98.9 Å². The molecule has 1 saturated heterocycles. The Balaban J connectivity index is 1.59. The summed E-state index contributed by atoms with van der Waals surface area (Å²) in [4.78, 5) is 35.1. The third-order valence-electron chi connectivity index (χ3n) is 5.52. The molecule has 1 atom stereocenters. The minimum Gasteiger partial charge on any atom is -0.447 e. The zero-order valence-electron chi connectivity index (χ0n) is 18.5. The summed E-state index contributed by atoms with van der Waals surface area (Å²) in [5.74, 6) is -2.62. The first-order chi connectivity index (χ1) is 16.1. The number of fused-ring (bicyclic) bond motifs is 1. The van der Waals surface area contributed by atoms with E-state index in [1.807, 2.05) is 0 Å². The van der Waals surface area contributed by atoms with Crippen LogP contribution in [0, 0.1) is 13.8 Å². The first kappa shape index (κ1) is 23.6. The van der Waals surface area contributed by atoms with Crippen molar-refractivity contribution < 1.29 is 32.2 Å². The summed E-state index contributed by atoms with van der Waals surface area (Å²) in [5.41, 5.74) is 1.46. The molecule has 0 spiro atoms. The molecule has 0 saturated carbocycles. The summed E-state index contributed by atoms with van der Waals surface area (Å²) >= 11 is 0. The molecule has 3 heterocycles. The van der Waals surface area contributed by atoms with Crippen LogP contribution >= 0.6 is 0 Å². The number of carbonyl (C=O) groups excluding carboxylic acids is 2. The summed E-state index contributed by atoms with van der Waals surface area (Å²) in [7, 11) is 0. The van der Waals surface area contributed by atoms with E-state index >= 15 is 0 Å². The van der Waals surface area contributed by atoms with Crippen LogP contribution in [0.2, 0.25) is 0 Å². The quantitative estimate of drug-likeness (QED) is 0.521. The van der Waals surface area contributed by atoms with Crippen molar-refractivity contribution in [3.05, 3.63) is 58.7 Å². The number of alkyl halides is 3. The highest BCUT2D eigenvalue weighted by Gasteiger charge is 2.37. The Morgan fingerprint density at radius 3 is 2.44 bits per heavy atom. The van der Waals surface area contributed by atoms with Crippen LogP contribution in [-0.4, -0.2) is 62.7 Å². The van der Waals surface area contributed by atoms with Crippen molar-refractivity contribution in [1.82, 2.24) is 24.5 Å². The number of morpholine rings is 1. The standard InChI is InChI=1S/C22H22F3N5O4/c1-13-16(14(2)30-21(26-13)27-20(28-30)22(23,24)25)12-17(31)34-18(15-6-4-3-5-7-15)19(32)29-8-10-33-11-9-29/h3-7,18H,8-12H2,1-2H3/t18-/m1/s1. The molecule has 1 fully saturated rings. The smallest absolute Gasteiger partial charge is 0.447 e. The maximum Gasteiger partial charge on any atom is 0.453 e.